The maximum absolute atomic E-state index is 13.4. The van der Waals surface area contributed by atoms with Gasteiger partial charge in [-0.05, 0) is 12.1 Å². The third-order valence-electron chi connectivity index (χ3n) is 1.99. The molecule has 4 nitrogen and oxygen atoms in total. The Morgan fingerprint density at radius 2 is 2.00 bits per heavy atom. The van der Waals surface area contributed by atoms with Crippen LogP contribution in [0.15, 0.2) is 35.1 Å². The number of anilines is 1. The number of nitrogen functional groups attached to an aromatic ring is 1. The highest BCUT2D eigenvalue weighted by Crippen LogP contribution is 2.19. The molecule has 0 saturated heterocycles. The highest BCUT2D eigenvalue weighted by Gasteiger charge is 2.08. The minimum atomic E-state index is -0.464. The van der Waals surface area contributed by atoms with E-state index in [1.165, 1.54) is 18.2 Å². The molecule has 76 valence electrons. The molecule has 1 heterocycles. The number of rotatable bonds is 1. The van der Waals surface area contributed by atoms with E-state index >= 15 is 0 Å². The molecule has 1 aromatic carbocycles. The summed E-state index contributed by atoms with van der Waals surface area (Å²) < 4.78 is 13.4. The Hall–Kier alpha value is -2.17. The Morgan fingerprint density at radius 1 is 1.27 bits per heavy atom. The van der Waals surface area contributed by atoms with Crippen LogP contribution in [0.25, 0.3) is 11.1 Å². The van der Waals surface area contributed by atoms with Gasteiger partial charge in [0.2, 0.25) is 0 Å². The lowest BCUT2D eigenvalue weighted by Crippen LogP contribution is -2.12. The van der Waals surface area contributed by atoms with E-state index in [1.807, 2.05) is 0 Å². The molecule has 15 heavy (non-hydrogen) atoms. The van der Waals surface area contributed by atoms with Crippen LogP contribution in [0.3, 0.4) is 0 Å². The van der Waals surface area contributed by atoms with Gasteiger partial charge in [0.05, 0.1) is 5.56 Å². The fourth-order valence-corrected chi connectivity index (χ4v) is 1.30. The normalized spacial score (nSPS) is 10.2. The highest BCUT2D eigenvalue weighted by molar-refractivity contribution is 5.65. The van der Waals surface area contributed by atoms with E-state index in [0.29, 0.717) is 0 Å². The zero-order valence-electron chi connectivity index (χ0n) is 7.70. The van der Waals surface area contributed by atoms with E-state index < -0.39 is 11.4 Å². The molecule has 0 atom stereocenters. The predicted octanol–water partition coefficient (Wildman–Crippen LogP) is 1.16. The molecule has 0 amide bonds. The van der Waals surface area contributed by atoms with E-state index in [9.17, 15) is 9.18 Å². The zero-order valence-corrected chi connectivity index (χ0v) is 7.70. The number of nitrogens with zero attached hydrogens (tertiary/aromatic N) is 1. The quantitative estimate of drug-likeness (QED) is 0.733. The van der Waals surface area contributed by atoms with Crippen LogP contribution >= 0.6 is 0 Å². The number of nitrogens with one attached hydrogen (secondary N) is 1. The standard InChI is InChI=1S/C10H8FN3O/c11-8-4-2-1-3-6(8)7-5-9(12)13-14-10(7)15/h1-5H,(H2,12,13)(H,14,15). The van der Waals surface area contributed by atoms with Gasteiger partial charge < -0.3 is 5.73 Å². The van der Waals surface area contributed by atoms with Gasteiger partial charge in [-0.15, -0.1) is 0 Å². The molecule has 0 fully saturated rings. The first-order valence-corrected chi connectivity index (χ1v) is 4.28. The Bertz CT molecular complexity index is 550. The molecular formula is C10H8FN3O. The van der Waals surface area contributed by atoms with Gasteiger partial charge in [0, 0.05) is 5.56 Å². The molecule has 0 unspecified atom stereocenters. The number of hydrogen-bond acceptors (Lipinski definition) is 3. The maximum atomic E-state index is 13.4. The lowest BCUT2D eigenvalue weighted by Gasteiger charge is -2.01. The number of aromatic nitrogens is 2. The third-order valence-corrected chi connectivity index (χ3v) is 1.99. The van der Waals surface area contributed by atoms with Crippen molar-refractivity contribution in [2.75, 3.05) is 5.73 Å². The molecule has 1 aromatic heterocycles. The summed E-state index contributed by atoms with van der Waals surface area (Å²) in [7, 11) is 0. The first-order valence-electron chi connectivity index (χ1n) is 4.28. The maximum Gasteiger partial charge on any atom is 0.272 e. The van der Waals surface area contributed by atoms with Crippen LogP contribution in [0.5, 0.6) is 0 Å². The first-order chi connectivity index (χ1) is 7.18. The first kappa shape index (κ1) is 9.39. The minimum Gasteiger partial charge on any atom is -0.382 e. The molecule has 0 aliphatic rings. The second-order valence-electron chi connectivity index (χ2n) is 3.02. The Balaban J connectivity index is 2.69. The van der Waals surface area contributed by atoms with Gasteiger partial charge in [0.1, 0.15) is 11.6 Å². The lowest BCUT2D eigenvalue weighted by molar-refractivity contribution is 0.631. The molecule has 0 radical (unpaired) electrons. The van der Waals surface area contributed by atoms with Crippen LogP contribution in [0.2, 0.25) is 0 Å². The Morgan fingerprint density at radius 3 is 2.73 bits per heavy atom. The van der Waals surface area contributed by atoms with E-state index in [0.717, 1.165) is 0 Å². The largest absolute Gasteiger partial charge is 0.382 e. The second-order valence-corrected chi connectivity index (χ2v) is 3.02. The third kappa shape index (κ3) is 1.71. The van der Waals surface area contributed by atoms with E-state index in [-0.39, 0.29) is 16.9 Å². The number of halogens is 1. The number of H-pyrrole nitrogens is 1. The Kier molecular flexibility index (Phi) is 2.21. The molecule has 0 bridgehead atoms. The van der Waals surface area contributed by atoms with Crippen LogP contribution in [-0.2, 0) is 0 Å². The van der Waals surface area contributed by atoms with Gasteiger partial charge in [0.25, 0.3) is 5.56 Å². The van der Waals surface area contributed by atoms with Gasteiger partial charge in [0.15, 0.2) is 0 Å². The fraction of sp³-hybridized carbons (Fsp3) is 0. The van der Waals surface area contributed by atoms with Gasteiger partial charge >= 0.3 is 0 Å². The van der Waals surface area contributed by atoms with Crippen LogP contribution in [0.1, 0.15) is 0 Å². The van der Waals surface area contributed by atoms with Gasteiger partial charge in [-0.1, -0.05) is 18.2 Å². The summed E-state index contributed by atoms with van der Waals surface area (Å²) in [6, 6.07) is 7.34. The van der Waals surface area contributed by atoms with Gasteiger partial charge in [-0.25, -0.2) is 9.49 Å². The Labute approximate surface area is 84.6 Å². The summed E-state index contributed by atoms with van der Waals surface area (Å²) in [6.07, 6.45) is 0. The summed E-state index contributed by atoms with van der Waals surface area (Å²) in [6.45, 7) is 0. The van der Waals surface area contributed by atoms with Gasteiger partial charge in [-0.2, -0.15) is 5.10 Å². The second kappa shape index (κ2) is 3.53. The number of hydrogen-bond donors (Lipinski definition) is 2. The molecule has 0 aliphatic carbocycles. The number of aromatic amines is 1. The zero-order chi connectivity index (χ0) is 10.8. The predicted molar refractivity (Wildman–Crippen MR) is 54.7 cm³/mol. The van der Waals surface area contributed by atoms with Crippen molar-refractivity contribution >= 4 is 5.82 Å². The van der Waals surface area contributed by atoms with Crippen molar-refractivity contribution < 1.29 is 4.39 Å². The molecule has 0 saturated carbocycles. The summed E-state index contributed by atoms with van der Waals surface area (Å²) in [5.41, 5.74) is 5.34. The molecule has 0 spiro atoms. The molecule has 2 aromatic rings. The monoisotopic (exact) mass is 205 g/mol. The smallest absolute Gasteiger partial charge is 0.272 e. The van der Waals surface area contributed by atoms with Crippen molar-refractivity contribution in [1.29, 1.82) is 0 Å². The van der Waals surface area contributed by atoms with Crippen molar-refractivity contribution in [3.63, 3.8) is 0 Å². The summed E-state index contributed by atoms with van der Waals surface area (Å²) in [4.78, 5) is 11.4. The molecule has 2 rings (SSSR count). The minimum absolute atomic E-state index is 0.146. The average molecular weight is 205 g/mol. The van der Waals surface area contributed by atoms with Crippen LogP contribution in [-0.4, -0.2) is 10.2 Å². The molecule has 3 N–H and O–H groups in total. The molecule has 0 aliphatic heterocycles. The van der Waals surface area contributed by atoms with Crippen molar-refractivity contribution in [2.24, 2.45) is 0 Å². The topological polar surface area (TPSA) is 71.8 Å². The van der Waals surface area contributed by atoms with Crippen LogP contribution < -0.4 is 11.3 Å². The van der Waals surface area contributed by atoms with E-state index in [2.05, 4.69) is 10.2 Å². The summed E-state index contributed by atoms with van der Waals surface area (Å²) in [5.74, 6) is -0.318. The van der Waals surface area contributed by atoms with E-state index in [4.69, 9.17) is 5.73 Å². The highest BCUT2D eigenvalue weighted by atomic mass is 19.1. The summed E-state index contributed by atoms with van der Waals surface area (Å²) in [5, 5.41) is 5.71. The van der Waals surface area contributed by atoms with Crippen molar-refractivity contribution in [2.45, 2.75) is 0 Å². The number of benzene rings is 1. The lowest BCUT2D eigenvalue weighted by atomic mass is 10.1. The molecule has 5 heteroatoms. The van der Waals surface area contributed by atoms with Crippen molar-refractivity contribution in [3.05, 3.63) is 46.5 Å². The SMILES string of the molecule is Nc1cc(-c2ccccc2F)c(=O)[nH]n1. The average Bonchev–Trinajstić information content (AvgIpc) is 2.23. The summed E-state index contributed by atoms with van der Waals surface area (Å²) >= 11 is 0. The van der Waals surface area contributed by atoms with Crippen molar-refractivity contribution in [1.82, 2.24) is 10.2 Å². The number of nitrogens with two attached hydrogens (primary N) is 1. The van der Waals surface area contributed by atoms with E-state index in [1.54, 1.807) is 12.1 Å². The fourth-order valence-electron chi connectivity index (χ4n) is 1.30. The van der Waals surface area contributed by atoms with Crippen LogP contribution in [0.4, 0.5) is 10.2 Å². The van der Waals surface area contributed by atoms with Crippen molar-refractivity contribution in [3.8, 4) is 11.1 Å². The molecular weight excluding hydrogens is 197 g/mol. The van der Waals surface area contributed by atoms with Crippen LogP contribution in [0, 0.1) is 5.82 Å². The van der Waals surface area contributed by atoms with Gasteiger partial charge in [-0.3, -0.25) is 4.79 Å².